The monoisotopic (exact) mass is 201 g/mol. The van der Waals surface area contributed by atoms with Crippen LogP contribution in [0.1, 0.15) is 25.7 Å². The van der Waals surface area contributed by atoms with Gasteiger partial charge in [0.25, 0.3) is 0 Å². The lowest BCUT2D eigenvalue weighted by Crippen LogP contribution is -2.45. The number of hydrogen-bond acceptors (Lipinski definition) is 3. The molecular formula is C9H15NO4. The smallest absolute Gasteiger partial charge is 0.321 e. The Labute approximate surface area is 82.3 Å². The van der Waals surface area contributed by atoms with Crippen LogP contribution in [-0.2, 0) is 9.59 Å². The molecule has 0 amide bonds. The van der Waals surface area contributed by atoms with Crippen molar-refractivity contribution in [1.82, 2.24) is 4.90 Å². The molecule has 5 heteroatoms. The van der Waals surface area contributed by atoms with E-state index >= 15 is 0 Å². The predicted molar refractivity (Wildman–Crippen MR) is 49.1 cm³/mol. The molecule has 0 radical (unpaired) electrons. The Morgan fingerprint density at radius 3 is 2.14 bits per heavy atom. The summed E-state index contributed by atoms with van der Waals surface area (Å²) in [5.74, 6) is -2.09. The van der Waals surface area contributed by atoms with Gasteiger partial charge in [-0.15, -0.1) is 0 Å². The molecule has 0 aromatic carbocycles. The molecule has 0 aliphatic carbocycles. The van der Waals surface area contributed by atoms with Gasteiger partial charge in [-0.25, -0.2) is 0 Å². The average Bonchev–Trinajstić information content (AvgIpc) is 2.15. The highest BCUT2D eigenvalue weighted by atomic mass is 16.4. The van der Waals surface area contributed by atoms with E-state index < -0.39 is 18.0 Å². The van der Waals surface area contributed by atoms with Gasteiger partial charge in [-0.05, 0) is 25.9 Å². The summed E-state index contributed by atoms with van der Waals surface area (Å²) in [7, 11) is 0. The maximum absolute atomic E-state index is 10.8. The average molecular weight is 201 g/mol. The van der Waals surface area contributed by atoms with Crippen LogP contribution in [0.2, 0.25) is 0 Å². The normalized spacial score (nSPS) is 20.3. The minimum Gasteiger partial charge on any atom is -0.481 e. The van der Waals surface area contributed by atoms with Gasteiger partial charge in [-0.1, -0.05) is 6.42 Å². The second-order valence-electron chi connectivity index (χ2n) is 3.55. The molecule has 5 nitrogen and oxygen atoms in total. The Kier molecular flexibility index (Phi) is 3.88. The lowest BCUT2D eigenvalue weighted by Gasteiger charge is -2.30. The number of nitrogens with zero attached hydrogens (tertiary/aromatic N) is 1. The van der Waals surface area contributed by atoms with Gasteiger partial charge < -0.3 is 10.2 Å². The first-order chi connectivity index (χ1) is 6.61. The first-order valence-corrected chi connectivity index (χ1v) is 4.80. The van der Waals surface area contributed by atoms with Gasteiger partial charge in [-0.2, -0.15) is 0 Å². The maximum Gasteiger partial charge on any atom is 0.321 e. The highest BCUT2D eigenvalue weighted by Crippen LogP contribution is 2.14. The molecule has 14 heavy (non-hydrogen) atoms. The number of hydrogen-bond donors (Lipinski definition) is 2. The van der Waals surface area contributed by atoms with Crippen LogP contribution < -0.4 is 0 Å². The molecule has 0 spiro atoms. The van der Waals surface area contributed by atoms with E-state index in [1.807, 2.05) is 0 Å². The van der Waals surface area contributed by atoms with Gasteiger partial charge >= 0.3 is 11.9 Å². The van der Waals surface area contributed by atoms with E-state index in [1.165, 1.54) is 0 Å². The minimum atomic E-state index is -1.05. The van der Waals surface area contributed by atoms with Gasteiger partial charge in [0.05, 0.1) is 6.42 Å². The van der Waals surface area contributed by atoms with E-state index in [-0.39, 0.29) is 6.42 Å². The van der Waals surface area contributed by atoms with Crippen LogP contribution in [0.25, 0.3) is 0 Å². The molecule has 0 aromatic heterocycles. The molecule has 1 rings (SSSR count). The lowest BCUT2D eigenvalue weighted by molar-refractivity contribution is -0.150. The first-order valence-electron chi connectivity index (χ1n) is 4.80. The molecule has 1 aliphatic heterocycles. The lowest BCUT2D eigenvalue weighted by atomic mass is 10.1. The molecule has 1 fully saturated rings. The molecule has 1 aliphatic rings. The zero-order chi connectivity index (χ0) is 10.6. The van der Waals surface area contributed by atoms with Crippen LogP contribution >= 0.6 is 0 Å². The molecule has 0 saturated carbocycles. The number of carbonyl (C=O) groups is 2. The largest absolute Gasteiger partial charge is 0.481 e. The van der Waals surface area contributed by atoms with Crippen LogP contribution in [0, 0.1) is 0 Å². The summed E-state index contributed by atoms with van der Waals surface area (Å²) >= 11 is 0. The molecule has 2 N–H and O–H groups in total. The quantitative estimate of drug-likeness (QED) is 0.688. The number of carboxylic acids is 2. The van der Waals surface area contributed by atoms with Gasteiger partial charge in [-0.3, -0.25) is 14.5 Å². The van der Waals surface area contributed by atoms with Crippen molar-refractivity contribution in [3.05, 3.63) is 0 Å². The minimum absolute atomic E-state index is 0.310. The summed E-state index contributed by atoms with van der Waals surface area (Å²) in [6.45, 7) is 1.40. The molecule has 1 atom stereocenters. The fourth-order valence-electron chi connectivity index (χ4n) is 1.77. The fraction of sp³-hybridized carbons (Fsp3) is 0.778. The summed E-state index contributed by atoms with van der Waals surface area (Å²) in [5.41, 5.74) is 0. The summed E-state index contributed by atoms with van der Waals surface area (Å²) in [6.07, 6.45) is 2.72. The van der Waals surface area contributed by atoms with E-state index in [2.05, 4.69) is 0 Å². The summed E-state index contributed by atoms with van der Waals surface area (Å²) in [5, 5.41) is 17.4. The van der Waals surface area contributed by atoms with Gasteiger partial charge in [0.1, 0.15) is 6.04 Å². The van der Waals surface area contributed by atoms with E-state index in [0.717, 1.165) is 19.3 Å². The van der Waals surface area contributed by atoms with Crippen molar-refractivity contribution in [1.29, 1.82) is 0 Å². The Morgan fingerprint density at radius 2 is 1.71 bits per heavy atom. The molecule has 0 bridgehead atoms. The topological polar surface area (TPSA) is 77.8 Å². The highest BCUT2D eigenvalue weighted by Gasteiger charge is 2.28. The van der Waals surface area contributed by atoms with Crippen molar-refractivity contribution in [2.45, 2.75) is 31.7 Å². The van der Waals surface area contributed by atoms with E-state index in [0.29, 0.717) is 13.1 Å². The van der Waals surface area contributed by atoms with Crippen molar-refractivity contribution < 1.29 is 19.8 Å². The summed E-state index contributed by atoms with van der Waals surface area (Å²) in [6, 6.07) is -0.854. The Balaban J connectivity index is 2.56. The molecule has 1 heterocycles. The van der Waals surface area contributed by atoms with E-state index in [9.17, 15) is 9.59 Å². The number of aliphatic carboxylic acids is 2. The van der Waals surface area contributed by atoms with Crippen molar-refractivity contribution in [3.8, 4) is 0 Å². The molecule has 1 saturated heterocycles. The third kappa shape index (κ3) is 2.99. The Hall–Kier alpha value is -1.10. The zero-order valence-corrected chi connectivity index (χ0v) is 7.98. The predicted octanol–water partition coefficient (Wildman–Crippen LogP) is 0.400. The SMILES string of the molecule is O=C(O)CC(C(=O)O)N1CCCCC1. The number of likely N-dealkylation sites (tertiary alicyclic amines) is 1. The van der Waals surface area contributed by atoms with Crippen LogP contribution in [0.3, 0.4) is 0 Å². The Morgan fingerprint density at radius 1 is 1.14 bits per heavy atom. The van der Waals surface area contributed by atoms with E-state index in [1.54, 1.807) is 4.90 Å². The number of rotatable bonds is 4. The zero-order valence-electron chi connectivity index (χ0n) is 7.98. The third-order valence-corrected chi connectivity index (χ3v) is 2.48. The Bertz CT molecular complexity index is 223. The van der Waals surface area contributed by atoms with Crippen LogP contribution in [0.5, 0.6) is 0 Å². The summed E-state index contributed by atoms with van der Waals surface area (Å²) in [4.78, 5) is 23.0. The highest BCUT2D eigenvalue weighted by molar-refractivity contribution is 5.80. The van der Waals surface area contributed by atoms with Gasteiger partial charge in [0, 0.05) is 0 Å². The standard InChI is InChI=1S/C9H15NO4/c11-8(12)6-7(9(13)14)10-4-2-1-3-5-10/h7H,1-6H2,(H,11,12)(H,13,14). The van der Waals surface area contributed by atoms with Crippen LogP contribution in [-0.4, -0.2) is 46.2 Å². The van der Waals surface area contributed by atoms with E-state index in [4.69, 9.17) is 10.2 Å². The van der Waals surface area contributed by atoms with Gasteiger partial charge in [0.2, 0.25) is 0 Å². The van der Waals surface area contributed by atoms with Gasteiger partial charge in [0.15, 0.2) is 0 Å². The first kappa shape index (κ1) is 11.0. The second-order valence-corrected chi connectivity index (χ2v) is 3.55. The molecule has 1 unspecified atom stereocenters. The van der Waals surface area contributed by atoms with Crippen LogP contribution in [0.15, 0.2) is 0 Å². The molecule has 0 aromatic rings. The van der Waals surface area contributed by atoms with Crippen molar-refractivity contribution >= 4 is 11.9 Å². The van der Waals surface area contributed by atoms with Crippen molar-refractivity contribution in [2.24, 2.45) is 0 Å². The van der Waals surface area contributed by atoms with Crippen molar-refractivity contribution in [2.75, 3.05) is 13.1 Å². The fourth-order valence-corrected chi connectivity index (χ4v) is 1.77. The van der Waals surface area contributed by atoms with Crippen LogP contribution in [0.4, 0.5) is 0 Å². The molecular weight excluding hydrogens is 186 g/mol. The third-order valence-electron chi connectivity index (χ3n) is 2.48. The molecule has 80 valence electrons. The van der Waals surface area contributed by atoms with Crippen molar-refractivity contribution in [3.63, 3.8) is 0 Å². The maximum atomic E-state index is 10.8. The number of piperidine rings is 1. The summed E-state index contributed by atoms with van der Waals surface area (Å²) < 4.78 is 0. The number of carboxylic acid groups (broad SMARTS) is 2. The second kappa shape index (κ2) is 4.95.